The van der Waals surface area contributed by atoms with Gasteiger partial charge in [-0.25, -0.2) is 0 Å². The maximum atomic E-state index is 13.0. The van der Waals surface area contributed by atoms with E-state index < -0.39 is 17.7 Å². The molecule has 1 N–H and O–H groups in total. The Hall–Kier alpha value is -3.39. The predicted molar refractivity (Wildman–Crippen MR) is 118 cm³/mol. The minimum absolute atomic E-state index is 0.0165. The molecule has 1 fully saturated rings. The minimum Gasteiger partial charge on any atom is -0.507 e. The van der Waals surface area contributed by atoms with Crippen LogP contribution in [0, 0.1) is 6.92 Å². The number of amides is 1. The molecule has 1 atom stereocenters. The van der Waals surface area contributed by atoms with Crippen LogP contribution in [0.2, 0.25) is 0 Å². The standard InChI is InChI=1S/C23H19BrN2O5/c1-3-30-17-10-6-14(7-11-17)20-19(21(27)15-4-8-16(24)9-5-15)22(28)23(29)26(20)18-12-13(2)31-25-18/h4-12,20,27H,3H2,1-2H3/b21-19+. The highest BCUT2D eigenvalue weighted by molar-refractivity contribution is 9.10. The minimum atomic E-state index is -0.871. The molecular formula is C23H19BrN2O5. The lowest BCUT2D eigenvalue weighted by Gasteiger charge is -2.23. The molecule has 1 aromatic heterocycles. The number of aliphatic hydroxyl groups excluding tert-OH is 1. The maximum absolute atomic E-state index is 13.0. The monoisotopic (exact) mass is 482 g/mol. The van der Waals surface area contributed by atoms with Crippen LogP contribution in [-0.4, -0.2) is 28.6 Å². The van der Waals surface area contributed by atoms with E-state index in [-0.39, 0.29) is 17.2 Å². The second-order valence-electron chi connectivity index (χ2n) is 6.97. The molecule has 0 saturated carbocycles. The number of halogens is 1. The van der Waals surface area contributed by atoms with Gasteiger partial charge in [0.15, 0.2) is 5.82 Å². The van der Waals surface area contributed by atoms with Crippen molar-refractivity contribution < 1.29 is 24.0 Å². The Kier molecular flexibility index (Phi) is 5.65. The zero-order valence-corrected chi connectivity index (χ0v) is 18.4. The van der Waals surface area contributed by atoms with Gasteiger partial charge in [-0.2, -0.15) is 0 Å². The summed E-state index contributed by atoms with van der Waals surface area (Å²) in [5.74, 6) is -0.477. The molecular weight excluding hydrogens is 464 g/mol. The van der Waals surface area contributed by atoms with Crippen molar-refractivity contribution in [2.75, 3.05) is 11.5 Å². The van der Waals surface area contributed by atoms with Gasteiger partial charge in [-0.1, -0.05) is 45.4 Å². The van der Waals surface area contributed by atoms with Crippen molar-refractivity contribution in [1.29, 1.82) is 0 Å². The smallest absolute Gasteiger partial charge is 0.301 e. The molecule has 0 radical (unpaired) electrons. The highest BCUT2D eigenvalue weighted by Crippen LogP contribution is 2.42. The first-order chi connectivity index (χ1) is 14.9. The first-order valence-electron chi connectivity index (χ1n) is 9.63. The molecule has 0 bridgehead atoms. The summed E-state index contributed by atoms with van der Waals surface area (Å²) in [6, 6.07) is 14.6. The normalized spacial score (nSPS) is 17.9. The molecule has 1 amide bonds. The predicted octanol–water partition coefficient (Wildman–Crippen LogP) is 4.77. The first-order valence-corrected chi connectivity index (χ1v) is 10.4. The van der Waals surface area contributed by atoms with Gasteiger partial charge in [0.1, 0.15) is 17.3 Å². The molecule has 1 aliphatic heterocycles. The van der Waals surface area contributed by atoms with E-state index in [0.29, 0.717) is 29.2 Å². The summed E-state index contributed by atoms with van der Waals surface area (Å²) >= 11 is 3.35. The van der Waals surface area contributed by atoms with E-state index in [9.17, 15) is 14.7 Å². The number of aliphatic hydroxyl groups is 1. The van der Waals surface area contributed by atoms with Crippen LogP contribution in [0.1, 0.15) is 29.9 Å². The second kappa shape index (κ2) is 8.39. The van der Waals surface area contributed by atoms with Crippen molar-refractivity contribution in [1.82, 2.24) is 5.16 Å². The lowest BCUT2D eigenvalue weighted by Crippen LogP contribution is -2.29. The lowest BCUT2D eigenvalue weighted by molar-refractivity contribution is -0.132. The third-order valence-electron chi connectivity index (χ3n) is 4.93. The Morgan fingerprint density at radius 3 is 2.42 bits per heavy atom. The maximum Gasteiger partial charge on any atom is 0.301 e. The summed E-state index contributed by atoms with van der Waals surface area (Å²) in [5.41, 5.74) is 1.03. The number of ether oxygens (including phenoxy) is 1. The van der Waals surface area contributed by atoms with E-state index in [1.807, 2.05) is 6.92 Å². The largest absolute Gasteiger partial charge is 0.507 e. The van der Waals surface area contributed by atoms with Gasteiger partial charge >= 0.3 is 5.91 Å². The molecule has 7 nitrogen and oxygen atoms in total. The second-order valence-corrected chi connectivity index (χ2v) is 7.89. The Balaban J connectivity index is 1.89. The molecule has 158 valence electrons. The highest BCUT2D eigenvalue weighted by atomic mass is 79.9. The van der Waals surface area contributed by atoms with E-state index in [1.165, 1.54) is 4.90 Å². The van der Waals surface area contributed by atoms with E-state index >= 15 is 0 Å². The van der Waals surface area contributed by atoms with Crippen molar-refractivity contribution in [2.45, 2.75) is 19.9 Å². The number of rotatable bonds is 5. The fraction of sp³-hybridized carbons (Fsp3) is 0.174. The van der Waals surface area contributed by atoms with Gasteiger partial charge < -0.3 is 14.4 Å². The van der Waals surface area contributed by atoms with Gasteiger partial charge in [0, 0.05) is 16.1 Å². The van der Waals surface area contributed by atoms with E-state index in [2.05, 4.69) is 21.1 Å². The summed E-state index contributed by atoms with van der Waals surface area (Å²) in [4.78, 5) is 27.3. The number of hydrogen-bond donors (Lipinski definition) is 1. The van der Waals surface area contributed by atoms with E-state index in [0.717, 1.165) is 4.47 Å². The van der Waals surface area contributed by atoms with Gasteiger partial charge in [-0.3, -0.25) is 14.5 Å². The zero-order chi connectivity index (χ0) is 22.1. The third-order valence-corrected chi connectivity index (χ3v) is 5.46. The van der Waals surface area contributed by atoms with Gasteiger partial charge in [0.25, 0.3) is 5.78 Å². The summed E-state index contributed by atoms with van der Waals surface area (Å²) in [6.45, 7) is 4.09. The van der Waals surface area contributed by atoms with E-state index in [1.54, 1.807) is 61.5 Å². The van der Waals surface area contributed by atoms with Crippen LogP contribution in [0.25, 0.3) is 5.76 Å². The molecule has 1 unspecified atom stereocenters. The number of ketones is 1. The number of nitrogens with zero attached hydrogens (tertiary/aromatic N) is 2. The summed E-state index contributed by atoms with van der Waals surface area (Å²) in [5, 5.41) is 15.0. The SMILES string of the molecule is CCOc1ccc(C2/C(=C(\O)c3ccc(Br)cc3)C(=O)C(=O)N2c2cc(C)on2)cc1. The Morgan fingerprint density at radius 1 is 1.16 bits per heavy atom. The van der Waals surface area contributed by atoms with Crippen LogP contribution in [-0.2, 0) is 9.59 Å². The lowest BCUT2D eigenvalue weighted by atomic mass is 9.95. The number of Topliss-reactive ketones (excluding diaryl/α,β-unsaturated/α-hetero) is 1. The van der Waals surface area contributed by atoms with Gasteiger partial charge in [0.05, 0.1) is 18.2 Å². The van der Waals surface area contributed by atoms with Gasteiger partial charge in [-0.05, 0) is 43.7 Å². The zero-order valence-electron chi connectivity index (χ0n) is 16.8. The van der Waals surface area contributed by atoms with Gasteiger partial charge in [0.2, 0.25) is 0 Å². The van der Waals surface area contributed by atoms with Crippen LogP contribution < -0.4 is 9.64 Å². The third kappa shape index (κ3) is 3.86. The molecule has 0 spiro atoms. The topological polar surface area (TPSA) is 92.9 Å². The molecule has 2 heterocycles. The van der Waals surface area contributed by atoms with Gasteiger partial charge in [-0.15, -0.1) is 0 Å². The molecule has 1 aliphatic rings. The molecule has 1 saturated heterocycles. The quantitative estimate of drug-likeness (QED) is 0.319. The summed E-state index contributed by atoms with van der Waals surface area (Å²) in [7, 11) is 0. The fourth-order valence-electron chi connectivity index (χ4n) is 3.53. The highest BCUT2D eigenvalue weighted by Gasteiger charge is 2.48. The Morgan fingerprint density at radius 2 is 1.84 bits per heavy atom. The molecule has 2 aromatic carbocycles. The molecule has 4 rings (SSSR count). The number of aryl methyl sites for hydroxylation is 1. The molecule has 3 aromatic rings. The van der Waals surface area contributed by atoms with Crippen molar-refractivity contribution in [2.24, 2.45) is 0 Å². The fourth-order valence-corrected chi connectivity index (χ4v) is 3.79. The average molecular weight is 483 g/mol. The number of carbonyl (C=O) groups excluding carboxylic acids is 2. The molecule has 8 heteroatoms. The number of aromatic nitrogens is 1. The number of hydrogen-bond acceptors (Lipinski definition) is 6. The summed E-state index contributed by atoms with van der Waals surface area (Å²) in [6.07, 6.45) is 0. The average Bonchev–Trinajstić information content (AvgIpc) is 3.30. The van der Waals surface area contributed by atoms with E-state index in [4.69, 9.17) is 9.26 Å². The Bertz CT molecular complexity index is 1170. The number of carbonyl (C=O) groups is 2. The Labute approximate surface area is 187 Å². The van der Waals surface area contributed by atoms with Crippen molar-refractivity contribution >= 4 is 39.2 Å². The molecule has 0 aliphatic carbocycles. The number of anilines is 1. The van der Waals surface area contributed by atoms with Crippen LogP contribution in [0.5, 0.6) is 5.75 Å². The molecule has 31 heavy (non-hydrogen) atoms. The van der Waals surface area contributed by atoms with Crippen LogP contribution in [0.15, 0.2) is 69.2 Å². The van der Waals surface area contributed by atoms with Crippen molar-refractivity contribution in [3.63, 3.8) is 0 Å². The van der Waals surface area contributed by atoms with Crippen molar-refractivity contribution in [3.05, 3.63) is 81.5 Å². The van der Waals surface area contributed by atoms with Crippen LogP contribution in [0.4, 0.5) is 5.82 Å². The number of benzene rings is 2. The summed E-state index contributed by atoms with van der Waals surface area (Å²) < 4.78 is 11.4. The van der Waals surface area contributed by atoms with Crippen LogP contribution in [0.3, 0.4) is 0 Å². The van der Waals surface area contributed by atoms with Crippen molar-refractivity contribution in [3.8, 4) is 5.75 Å². The van der Waals surface area contributed by atoms with Crippen LogP contribution >= 0.6 is 15.9 Å². The first kappa shape index (κ1) is 20.9.